The lowest BCUT2D eigenvalue weighted by Gasteiger charge is -2.19. The second-order valence-corrected chi connectivity index (χ2v) is 5.82. The van der Waals surface area contributed by atoms with E-state index in [0.29, 0.717) is 0 Å². The molecule has 1 amide bonds. The number of carbonyl (C=O) groups excluding carboxylic acids is 1. The Morgan fingerprint density at radius 3 is 2.48 bits per heavy atom. The molecule has 0 saturated carbocycles. The molecule has 0 aromatic heterocycles. The second-order valence-electron chi connectivity index (χ2n) is 5.82. The maximum absolute atomic E-state index is 12.6. The third-order valence-electron chi connectivity index (χ3n) is 2.43. The van der Waals surface area contributed by atoms with Crippen LogP contribution >= 0.6 is 0 Å². The molecule has 3 N–H and O–H groups in total. The normalized spacial score (nSPS) is 11.4. The summed E-state index contributed by atoms with van der Waals surface area (Å²) in [7, 11) is 0. The number of carbonyl (C=O) groups is 1. The van der Waals surface area contributed by atoms with Crippen molar-refractivity contribution in [2.24, 2.45) is 0 Å². The second kappa shape index (κ2) is 7.27. The Morgan fingerprint density at radius 2 is 1.91 bits per heavy atom. The third-order valence-corrected chi connectivity index (χ3v) is 2.43. The van der Waals surface area contributed by atoms with Gasteiger partial charge in [0.15, 0.2) is 0 Å². The number of anilines is 1. The average Bonchev–Trinajstić information content (AvgIpc) is 2.34. The zero-order chi connectivity index (χ0) is 17.7. The first kappa shape index (κ1) is 18.7. The summed E-state index contributed by atoms with van der Waals surface area (Å²) in [5, 5.41) is 2.50. The van der Waals surface area contributed by atoms with Crippen LogP contribution in [-0.2, 0) is 10.9 Å². The maximum atomic E-state index is 12.6. The Hall–Kier alpha value is -2.36. The van der Waals surface area contributed by atoms with Gasteiger partial charge >= 0.3 is 12.3 Å². The van der Waals surface area contributed by atoms with Gasteiger partial charge in [-0.1, -0.05) is 11.8 Å². The van der Waals surface area contributed by atoms with Crippen molar-refractivity contribution in [2.75, 3.05) is 12.3 Å². The summed E-state index contributed by atoms with van der Waals surface area (Å²) >= 11 is 0. The molecule has 0 aliphatic heterocycles. The first-order valence-corrected chi connectivity index (χ1v) is 6.91. The van der Waals surface area contributed by atoms with E-state index in [1.54, 1.807) is 20.8 Å². The summed E-state index contributed by atoms with van der Waals surface area (Å²) in [5.41, 5.74) is 4.18. The molecule has 4 nitrogen and oxygen atoms in total. The molecule has 0 aliphatic carbocycles. The van der Waals surface area contributed by atoms with Crippen LogP contribution < -0.4 is 11.1 Å². The van der Waals surface area contributed by atoms with Gasteiger partial charge in [-0.2, -0.15) is 13.2 Å². The van der Waals surface area contributed by atoms with Crippen molar-refractivity contribution < 1.29 is 22.7 Å². The van der Waals surface area contributed by atoms with Crippen molar-refractivity contribution in [3.8, 4) is 11.8 Å². The predicted octanol–water partition coefficient (Wildman–Crippen LogP) is 3.55. The number of benzene rings is 1. The summed E-state index contributed by atoms with van der Waals surface area (Å²) in [6.45, 7) is 5.45. The molecule has 0 radical (unpaired) electrons. The summed E-state index contributed by atoms with van der Waals surface area (Å²) in [4.78, 5) is 11.4. The van der Waals surface area contributed by atoms with Crippen LogP contribution in [0.4, 0.5) is 23.7 Å². The molecule has 0 heterocycles. The van der Waals surface area contributed by atoms with Crippen LogP contribution in [0.25, 0.3) is 0 Å². The Bertz CT molecular complexity index is 623. The molecule has 0 atom stereocenters. The smallest absolute Gasteiger partial charge is 0.416 e. The molecule has 0 saturated heterocycles. The number of rotatable bonds is 2. The number of halogens is 3. The van der Waals surface area contributed by atoms with Gasteiger partial charge in [-0.05, 0) is 39.0 Å². The molecular weight excluding hydrogens is 309 g/mol. The van der Waals surface area contributed by atoms with Gasteiger partial charge in [-0.3, -0.25) is 0 Å². The predicted molar refractivity (Wildman–Crippen MR) is 81.6 cm³/mol. The van der Waals surface area contributed by atoms with Gasteiger partial charge in [0, 0.05) is 24.2 Å². The fraction of sp³-hybridized carbons (Fsp3) is 0.438. The van der Waals surface area contributed by atoms with E-state index >= 15 is 0 Å². The molecule has 7 heteroatoms. The van der Waals surface area contributed by atoms with E-state index in [2.05, 4.69) is 17.2 Å². The lowest BCUT2D eigenvalue weighted by Crippen LogP contribution is -2.32. The largest absolute Gasteiger partial charge is 0.444 e. The van der Waals surface area contributed by atoms with Gasteiger partial charge in [-0.15, -0.1) is 0 Å². The quantitative estimate of drug-likeness (QED) is 0.496. The standard InChI is InChI=1S/C16H19F3N2O2/c1-15(2,3)23-14(22)21-7-5-4-6-11-8-12(16(17,18)19)10-13(20)9-11/h8-10H,5,7,20H2,1-3H3,(H,21,22). The van der Waals surface area contributed by atoms with E-state index in [1.165, 1.54) is 6.07 Å². The minimum atomic E-state index is -4.47. The number of ether oxygens (including phenoxy) is 1. The number of hydrogen-bond acceptors (Lipinski definition) is 3. The van der Waals surface area contributed by atoms with Crippen molar-refractivity contribution >= 4 is 11.8 Å². The molecule has 0 aliphatic rings. The van der Waals surface area contributed by atoms with Gasteiger partial charge in [0.1, 0.15) is 5.60 Å². The molecule has 0 unspecified atom stereocenters. The molecule has 0 fully saturated rings. The summed E-state index contributed by atoms with van der Waals surface area (Å²) in [6, 6.07) is 3.16. The van der Waals surface area contributed by atoms with E-state index in [4.69, 9.17) is 10.5 Å². The van der Waals surface area contributed by atoms with Gasteiger partial charge < -0.3 is 15.8 Å². The van der Waals surface area contributed by atoms with Gasteiger partial charge in [-0.25, -0.2) is 4.79 Å². The first-order chi connectivity index (χ1) is 10.5. The van der Waals surface area contributed by atoms with Crippen LogP contribution in [0.5, 0.6) is 0 Å². The fourth-order valence-corrected chi connectivity index (χ4v) is 1.59. The van der Waals surface area contributed by atoms with Crippen LogP contribution in [0.3, 0.4) is 0 Å². The molecule has 1 rings (SSSR count). The van der Waals surface area contributed by atoms with E-state index in [9.17, 15) is 18.0 Å². The lowest BCUT2D eigenvalue weighted by molar-refractivity contribution is -0.137. The average molecular weight is 328 g/mol. The molecule has 1 aromatic carbocycles. The highest BCUT2D eigenvalue weighted by molar-refractivity contribution is 5.67. The fourth-order valence-electron chi connectivity index (χ4n) is 1.59. The van der Waals surface area contributed by atoms with Crippen LogP contribution in [0.2, 0.25) is 0 Å². The Balaban J connectivity index is 2.58. The summed E-state index contributed by atoms with van der Waals surface area (Å²) in [6.07, 6.45) is -4.76. The van der Waals surface area contributed by atoms with Crippen LogP contribution in [0, 0.1) is 11.8 Å². The van der Waals surface area contributed by atoms with Gasteiger partial charge in [0.25, 0.3) is 0 Å². The van der Waals surface area contributed by atoms with Crippen molar-refractivity contribution in [3.05, 3.63) is 29.3 Å². The first-order valence-electron chi connectivity index (χ1n) is 6.91. The van der Waals surface area contributed by atoms with Crippen molar-refractivity contribution in [1.29, 1.82) is 0 Å². The monoisotopic (exact) mass is 328 g/mol. The van der Waals surface area contributed by atoms with Crippen molar-refractivity contribution in [2.45, 2.75) is 39.0 Å². The van der Waals surface area contributed by atoms with E-state index in [0.717, 1.165) is 12.1 Å². The van der Waals surface area contributed by atoms with Crippen LogP contribution in [-0.4, -0.2) is 18.2 Å². The third kappa shape index (κ3) is 7.45. The minimum absolute atomic E-state index is 0.00370. The molecular formula is C16H19F3N2O2. The maximum Gasteiger partial charge on any atom is 0.416 e. The zero-order valence-electron chi connectivity index (χ0n) is 13.2. The Kier molecular flexibility index (Phi) is 5.91. The number of nitrogens with two attached hydrogens (primary N) is 1. The SMILES string of the molecule is CC(C)(C)OC(=O)NCCC#Cc1cc(N)cc(C(F)(F)F)c1. The Labute approximate surface area is 133 Å². The molecule has 23 heavy (non-hydrogen) atoms. The molecule has 1 aromatic rings. The highest BCUT2D eigenvalue weighted by Crippen LogP contribution is 2.31. The van der Waals surface area contributed by atoms with Crippen molar-refractivity contribution in [1.82, 2.24) is 5.32 Å². The van der Waals surface area contributed by atoms with E-state index in [-0.39, 0.29) is 24.2 Å². The topological polar surface area (TPSA) is 64.3 Å². The Morgan fingerprint density at radius 1 is 1.26 bits per heavy atom. The highest BCUT2D eigenvalue weighted by atomic mass is 19.4. The van der Waals surface area contributed by atoms with E-state index < -0.39 is 23.4 Å². The lowest BCUT2D eigenvalue weighted by atomic mass is 10.1. The number of alkyl halides is 3. The van der Waals surface area contributed by atoms with Gasteiger partial charge in [0.2, 0.25) is 0 Å². The van der Waals surface area contributed by atoms with Gasteiger partial charge in [0.05, 0.1) is 5.56 Å². The molecule has 0 spiro atoms. The zero-order valence-corrected chi connectivity index (χ0v) is 13.2. The number of nitrogen functional groups attached to an aromatic ring is 1. The van der Waals surface area contributed by atoms with Crippen LogP contribution in [0.15, 0.2) is 18.2 Å². The highest BCUT2D eigenvalue weighted by Gasteiger charge is 2.30. The summed E-state index contributed by atoms with van der Waals surface area (Å²) in [5.74, 6) is 5.28. The van der Waals surface area contributed by atoms with E-state index in [1.807, 2.05) is 0 Å². The van der Waals surface area contributed by atoms with Crippen LogP contribution in [0.1, 0.15) is 38.3 Å². The number of alkyl carbamates (subject to hydrolysis) is 1. The minimum Gasteiger partial charge on any atom is -0.444 e. The number of hydrogen-bond donors (Lipinski definition) is 2. The number of amides is 1. The molecule has 126 valence electrons. The van der Waals surface area contributed by atoms with Crippen molar-refractivity contribution in [3.63, 3.8) is 0 Å². The molecule has 0 bridgehead atoms. The summed E-state index contributed by atoms with van der Waals surface area (Å²) < 4.78 is 43.0. The number of nitrogens with one attached hydrogen (secondary N) is 1.